The third kappa shape index (κ3) is 6.99. The molecule has 37 heavy (non-hydrogen) atoms. The number of aryl methyl sites for hydroxylation is 2. The molecule has 1 N–H and O–H groups in total. The Kier molecular flexibility index (Phi) is 8.67. The van der Waals surface area contributed by atoms with Gasteiger partial charge in [0.1, 0.15) is 6.54 Å². The Morgan fingerprint density at radius 1 is 1.16 bits per heavy atom. The molecule has 196 valence electrons. The Balaban J connectivity index is 1.60. The first-order valence-electron chi connectivity index (χ1n) is 12.8. The van der Waals surface area contributed by atoms with E-state index < -0.39 is 0 Å². The maximum atomic E-state index is 13.3. The predicted molar refractivity (Wildman–Crippen MR) is 147 cm³/mol. The van der Waals surface area contributed by atoms with Crippen LogP contribution in [-0.4, -0.2) is 52.1 Å². The fraction of sp³-hybridized carbons (Fsp3) is 0.414. The van der Waals surface area contributed by atoms with Crippen molar-refractivity contribution >= 4 is 29.4 Å². The average Bonchev–Trinajstić information content (AvgIpc) is 3.51. The van der Waals surface area contributed by atoms with E-state index >= 15 is 0 Å². The molecule has 2 amide bonds. The van der Waals surface area contributed by atoms with Gasteiger partial charge in [-0.25, -0.2) is 4.98 Å². The van der Waals surface area contributed by atoms with Crippen LogP contribution in [0.5, 0.6) is 0 Å². The average molecular weight is 523 g/mol. The number of hydrogen-bond donors (Lipinski definition) is 1. The number of carbonyl (C=O) groups is 2. The van der Waals surface area contributed by atoms with Gasteiger partial charge in [-0.2, -0.15) is 0 Å². The summed E-state index contributed by atoms with van der Waals surface area (Å²) in [5.74, 6) is 0.258. The summed E-state index contributed by atoms with van der Waals surface area (Å²) >= 11 is 6.07. The van der Waals surface area contributed by atoms with Crippen molar-refractivity contribution in [3.05, 3.63) is 64.8 Å². The second-order valence-electron chi connectivity index (χ2n) is 10.2. The number of imidazole rings is 1. The lowest BCUT2D eigenvalue weighted by molar-refractivity contribution is -0.136. The van der Waals surface area contributed by atoms with Crippen LogP contribution in [0.1, 0.15) is 44.2 Å². The van der Waals surface area contributed by atoms with E-state index in [0.717, 1.165) is 29.7 Å². The largest absolute Gasteiger partial charge is 0.376 e. The summed E-state index contributed by atoms with van der Waals surface area (Å²) in [6.45, 7) is 9.18. The van der Waals surface area contributed by atoms with Crippen LogP contribution in [0.4, 0.5) is 5.95 Å². The van der Waals surface area contributed by atoms with Gasteiger partial charge in [0, 0.05) is 42.0 Å². The molecule has 1 aromatic heterocycles. The standard InChI is InChI=1S/C29H35ClN4O3/c1-19(2)14-28(36)33(16-25-6-5-13-37-25)18-27(35)32-29-31-26(22-8-10-23(30)11-9-22)17-34(29)24-12-7-20(3)21(4)15-24/h7-12,15,17,19,25H,5-6,13-14,16,18H2,1-4H3,(H,31,32,35)/t25-/m1/s1. The first kappa shape index (κ1) is 26.9. The van der Waals surface area contributed by atoms with Gasteiger partial charge in [0.05, 0.1) is 11.8 Å². The molecule has 2 aromatic carbocycles. The number of aromatic nitrogens is 2. The molecule has 7 nitrogen and oxygen atoms in total. The number of ether oxygens (including phenoxy) is 1. The highest BCUT2D eigenvalue weighted by molar-refractivity contribution is 6.30. The fourth-order valence-electron chi connectivity index (χ4n) is 4.41. The van der Waals surface area contributed by atoms with Crippen molar-refractivity contribution in [2.24, 2.45) is 5.92 Å². The highest BCUT2D eigenvalue weighted by atomic mass is 35.5. The van der Waals surface area contributed by atoms with Crippen LogP contribution in [0, 0.1) is 19.8 Å². The molecule has 0 aliphatic carbocycles. The molecule has 1 atom stereocenters. The Morgan fingerprint density at radius 3 is 2.57 bits per heavy atom. The molecular formula is C29H35ClN4O3. The van der Waals surface area contributed by atoms with Crippen molar-refractivity contribution in [1.82, 2.24) is 14.5 Å². The van der Waals surface area contributed by atoms with Crippen LogP contribution in [0.15, 0.2) is 48.7 Å². The molecule has 0 radical (unpaired) electrons. The lowest BCUT2D eigenvalue weighted by atomic mass is 10.1. The monoisotopic (exact) mass is 522 g/mol. The molecule has 0 unspecified atom stereocenters. The normalized spacial score (nSPS) is 15.2. The molecule has 8 heteroatoms. The number of anilines is 1. The molecule has 3 aromatic rings. The molecule has 2 heterocycles. The van der Waals surface area contributed by atoms with E-state index in [-0.39, 0.29) is 30.4 Å². The zero-order valence-electron chi connectivity index (χ0n) is 22.0. The lowest BCUT2D eigenvalue weighted by Gasteiger charge is -2.25. The van der Waals surface area contributed by atoms with E-state index in [2.05, 4.69) is 25.2 Å². The van der Waals surface area contributed by atoms with Gasteiger partial charge in [0.2, 0.25) is 17.8 Å². The second kappa shape index (κ2) is 11.9. The van der Waals surface area contributed by atoms with Crippen molar-refractivity contribution < 1.29 is 14.3 Å². The van der Waals surface area contributed by atoms with E-state index in [0.29, 0.717) is 36.2 Å². The van der Waals surface area contributed by atoms with Crippen molar-refractivity contribution in [2.45, 2.75) is 53.1 Å². The Hall–Kier alpha value is -3.16. The zero-order chi connectivity index (χ0) is 26.5. The van der Waals surface area contributed by atoms with E-state index in [1.807, 2.05) is 61.0 Å². The summed E-state index contributed by atoms with van der Waals surface area (Å²) in [6, 6.07) is 13.5. The van der Waals surface area contributed by atoms with E-state index in [1.54, 1.807) is 4.90 Å². The number of carbonyl (C=O) groups excluding carboxylic acids is 2. The van der Waals surface area contributed by atoms with Gasteiger partial charge >= 0.3 is 0 Å². The van der Waals surface area contributed by atoms with E-state index in [9.17, 15) is 9.59 Å². The highest BCUT2D eigenvalue weighted by Gasteiger charge is 2.25. The summed E-state index contributed by atoms with van der Waals surface area (Å²) in [6.07, 6.45) is 4.13. The van der Waals surface area contributed by atoms with Crippen molar-refractivity contribution in [1.29, 1.82) is 0 Å². The zero-order valence-corrected chi connectivity index (χ0v) is 22.7. The maximum Gasteiger partial charge on any atom is 0.246 e. The molecule has 0 spiro atoms. The molecule has 1 aliphatic heterocycles. The topological polar surface area (TPSA) is 76.5 Å². The number of nitrogens with one attached hydrogen (secondary N) is 1. The molecule has 1 aliphatic rings. The van der Waals surface area contributed by atoms with E-state index in [4.69, 9.17) is 21.3 Å². The first-order chi connectivity index (χ1) is 17.7. The minimum atomic E-state index is -0.298. The predicted octanol–water partition coefficient (Wildman–Crippen LogP) is 5.80. The van der Waals surface area contributed by atoms with Gasteiger partial charge in [-0.15, -0.1) is 0 Å². The summed E-state index contributed by atoms with van der Waals surface area (Å²) in [5, 5.41) is 3.60. The summed E-state index contributed by atoms with van der Waals surface area (Å²) in [4.78, 5) is 32.6. The maximum absolute atomic E-state index is 13.3. The summed E-state index contributed by atoms with van der Waals surface area (Å²) in [5.41, 5.74) is 4.80. The SMILES string of the molecule is Cc1ccc(-n2cc(-c3ccc(Cl)cc3)nc2NC(=O)CN(C[C@H]2CCCO2)C(=O)CC(C)C)cc1C. The van der Waals surface area contributed by atoms with Crippen molar-refractivity contribution in [3.63, 3.8) is 0 Å². The van der Waals surface area contributed by atoms with Gasteiger partial charge in [-0.05, 0) is 68.0 Å². The van der Waals surface area contributed by atoms with Crippen LogP contribution in [-0.2, 0) is 14.3 Å². The third-order valence-electron chi connectivity index (χ3n) is 6.58. The number of hydrogen-bond acceptors (Lipinski definition) is 4. The second-order valence-corrected chi connectivity index (χ2v) is 10.6. The van der Waals surface area contributed by atoms with Crippen LogP contribution in [0.3, 0.4) is 0 Å². The Bertz CT molecular complexity index is 1250. The molecular weight excluding hydrogens is 488 g/mol. The van der Waals surface area contributed by atoms with Crippen LogP contribution < -0.4 is 5.32 Å². The first-order valence-corrected chi connectivity index (χ1v) is 13.2. The number of halogens is 1. The summed E-state index contributed by atoms with van der Waals surface area (Å²) < 4.78 is 7.62. The quantitative estimate of drug-likeness (QED) is 0.385. The molecule has 0 saturated carbocycles. The smallest absolute Gasteiger partial charge is 0.246 e. The van der Waals surface area contributed by atoms with Gasteiger partial charge in [-0.1, -0.05) is 43.6 Å². The van der Waals surface area contributed by atoms with Crippen LogP contribution in [0.25, 0.3) is 16.9 Å². The number of amides is 2. The van der Waals surface area contributed by atoms with Gasteiger partial charge in [-0.3, -0.25) is 19.5 Å². The minimum Gasteiger partial charge on any atom is -0.376 e. The van der Waals surface area contributed by atoms with Crippen LogP contribution >= 0.6 is 11.6 Å². The number of nitrogens with zero attached hydrogens (tertiary/aromatic N) is 3. The summed E-state index contributed by atoms with van der Waals surface area (Å²) in [7, 11) is 0. The number of rotatable bonds is 9. The van der Waals surface area contributed by atoms with Crippen LogP contribution in [0.2, 0.25) is 5.02 Å². The van der Waals surface area contributed by atoms with E-state index in [1.165, 1.54) is 5.56 Å². The van der Waals surface area contributed by atoms with Crippen molar-refractivity contribution in [2.75, 3.05) is 25.0 Å². The number of benzene rings is 2. The fourth-order valence-corrected chi connectivity index (χ4v) is 4.53. The van der Waals surface area contributed by atoms with Gasteiger partial charge < -0.3 is 9.64 Å². The van der Waals surface area contributed by atoms with Gasteiger partial charge in [0.25, 0.3) is 0 Å². The molecule has 0 bridgehead atoms. The molecule has 1 saturated heterocycles. The van der Waals surface area contributed by atoms with Crippen molar-refractivity contribution in [3.8, 4) is 16.9 Å². The minimum absolute atomic E-state index is 0.0297. The molecule has 4 rings (SSSR count). The highest BCUT2D eigenvalue weighted by Crippen LogP contribution is 2.26. The Morgan fingerprint density at radius 2 is 1.92 bits per heavy atom. The lowest BCUT2D eigenvalue weighted by Crippen LogP contribution is -2.42. The molecule has 1 fully saturated rings. The third-order valence-corrected chi connectivity index (χ3v) is 6.84. The Labute approximate surface area is 223 Å². The van der Waals surface area contributed by atoms with Gasteiger partial charge in [0.15, 0.2) is 0 Å².